The van der Waals surface area contributed by atoms with Crippen LogP contribution in [0.3, 0.4) is 0 Å². The third-order valence-electron chi connectivity index (χ3n) is 3.07. The van der Waals surface area contributed by atoms with Crippen molar-refractivity contribution in [1.29, 1.82) is 0 Å². The second-order valence-corrected chi connectivity index (χ2v) is 4.60. The number of anilines is 1. The van der Waals surface area contributed by atoms with Gasteiger partial charge in [0.15, 0.2) is 0 Å². The van der Waals surface area contributed by atoms with E-state index < -0.39 is 5.97 Å². The standard InChI is InChI=1S/C17H17NO3/c1-21-17(20)14-8-10-15(11-9-14)18-16(19)12-7-13-5-3-2-4-6-13/h2-6,8-11H,7,12H2,1H3,(H,18,19). The largest absolute Gasteiger partial charge is 0.465 e. The molecule has 21 heavy (non-hydrogen) atoms. The van der Waals surface area contributed by atoms with Gasteiger partial charge in [-0.05, 0) is 36.2 Å². The van der Waals surface area contributed by atoms with Crippen LogP contribution in [0.1, 0.15) is 22.3 Å². The summed E-state index contributed by atoms with van der Waals surface area (Å²) in [5.41, 5.74) is 2.26. The predicted molar refractivity (Wildman–Crippen MR) is 81.2 cm³/mol. The number of methoxy groups -OCH3 is 1. The number of nitrogens with one attached hydrogen (secondary N) is 1. The summed E-state index contributed by atoms with van der Waals surface area (Å²) in [7, 11) is 1.33. The van der Waals surface area contributed by atoms with E-state index in [1.807, 2.05) is 30.3 Å². The Kier molecular flexibility index (Phi) is 5.10. The average molecular weight is 283 g/mol. The number of amides is 1. The fraction of sp³-hybridized carbons (Fsp3) is 0.176. The Bertz CT molecular complexity index is 606. The molecule has 0 aliphatic carbocycles. The molecule has 0 aromatic heterocycles. The van der Waals surface area contributed by atoms with Crippen molar-refractivity contribution in [2.24, 2.45) is 0 Å². The molecule has 108 valence electrons. The summed E-state index contributed by atoms with van der Waals surface area (Å²) in [5.74, 6) is -0.443. The lowest BCUT2D eigenvalue weighted by Gasteiger charge is -2.06. The highest BCUT2D eigenvalue weighted by Gasteiger charge is 2.06. The molecule has 0 aliphatic rings. The molecule has 0 atom stereocenters. The molecule has 0 unspecified atom stereocenters. The molecule has 2 aromatic rings. The van der Waals surface area contributed by atoms with Crippen molar-refractivity contribution in [2.75, 3.05) is 12.4 Å². The van der Waals surface area contributed by atoms with Crippen LogP contribution in [-0.4, -0.2) is 19.0 Å². The van der Waals surface area contributed by atoms with E-state index in [9.17, 15) is 9.59 Å². The Morgan fingerprint density at radius 2 is 1.67 bits per heavy atom. The van der Waals surface area contributed by atoms with Crippen LogP contribution >= 0.6 is 0 Å². The Morgan fingerprint density at radius 1 is 1.00 bits per heavy atom. The lowest BCUT2D eigenvalue weighted by molar-refractivity contribution is -0.116. The van der Waals surface area contributed by atoms with Gasteiger partial charge in [-0.1, -0.05) is 30.3 Å². The summed E-state index contributed by atoms with van der Waals surface area (Å²) in [6.07, 6.45) is 1.12. The van der Waals surface area contributed by atoms with Gasteiger partial charge in [-0.2, -0.15) is 0 Å². The highest BCUT2D eigenvalue weighted by Crippen LogP contribution is 2.11. The Hall–Kier alpha value is -2.62. The number of rotatable bonds is 5. The van der Waals surface area contributed by atoms with E-state index in [2.05, 4.69) is 10.1 Å². The van der Waals surface area contributed by atoms with Crippen molar-refractivity contribution in [1.82, 2.24) is 0 Å². The SMILES string of the molecule is COC(=O)c1ccc(NC(=O)CCc2ccccc2)cc1. The molecule has 0 saturated carbocycles. The van der Waals surface area contributed by atoms with Gasteiger partial charge in [-0.3, -0.25) is 4.79 Å². The molecule has 1 amide bonds. The molecule has 4 heteroatoms. The second-order valence-electron chi connectivity index (χ2n) is 4.60. The molecule has 0 radical (unpaired) electrons. The molecule has 0 spiro atoms. The summed E-state index contributed by atoms with van der Waals surface area (Å²) in [6.45, 7) is 0. The lowest BCUT2D eigenvalue weighted by Crippen LogP contribution is -2.12. The average Bonchev–Trinajstić information content (AvgIpc) is 2.54. The molecule has 0 saturated heterocycles. The summed E-state index contributed by atoms with van der Waals surface area (Å²) in [6, 6.07) is 16.5. The molecule has 1 N–H and O–H groups in total. The van der Waals surface area contributed by atoms with Crippen molar-refractivity contribution in [2.45, 2.75) is 12.8 Å². The first-order valence-corrected chi connectivity index (χ1v) is 6.71. The van der Waals surface area contributed by atoms with Crippen molar-refractivity contribution < 1.29 is 14.3 Å². The first kappa shape index (κ1) is 14.8. The zero-order chi connectivity index (χ0) is 15.1. The zero-order valence-corrected chi connectivity index (χ0v) is 11.8. The third-order valence-corrected chi connectivity index (χ3v) is 3.07. The summed E-state index contributed by atoms with van der Waals surface area (Å²) >= 11 is 0. The van der Waals surface area contributed by atoms with Crippen LogP contribution < -0.4 is 5.32 Å². The van der Waals surface area contributed by atoms with Gasteiger partial charge in [0.05, 0.1) is 12.7 Å². The molecule has 0 bridgehead atoms. The van der Waals surface area contributed by atoms with Gasteiger partial charge in [0.1, 0.15) is 0 Å². The van der Waals surface area contributed by atoms with Gasteiger partial charge in [-0.25, -0.2) is 4.79 Å². The second kappa shape index (κ2) is 7.24. The van der Waals surface area contributed by atoms with E-state index in [1.165, 1.54) is 7.11 Å². The quantitative estimate of drug-likeness (QED) is 0.858. The molecule has 4 nitrogen and oxygen atoms in total. The van der Waals surface area contributed by atoms with E-state index in [1.54, 1.807) is 24.3 Å². The fourth-order valence-electron chi connectivity index (χ4n) is 1.93. The maximum atomic E-state index is 11.9. The number of hydrogen-bond donors (Lipinski definition) is 1. The minimum absolute atomic E-state index is 0.0512. The van der Waals surface area contributed by atoms with Gasteiger partial charge in [0.2, 0.25) is 5.91 Å². The van der Waals surface area contributed by atoms with Crippen molar-refractivity contribution in [3.8, 4) is 0 Å². The van der Waals surface area contributed by atoms with Crippen LogP contribution in [0.25, 0.3) is 0 Å². The molecule has 2 rings (SSSR count). The van der Waals surface area contributed by atoms with Crippen molar-refractivity contribution in [3.63, 3.8) is 0 Å². The topological polar surface area (TPSA) is 55.4 Å². The highest BCUT2D eigenvalue weighted by atomic mass is 16.5. The first-order chi connectivity index (χ1) is 10.2. The normalized spacial score (nSPS) is 9.95. The fourth-order valence-corrected chi connectivity index (χ4v) is 1.93. The zero-order valence-electron chi connectivity index (χ0n) is 11.8. The van der Waals surface area contributed by atoms with Gasteiger partial charge in [-0.15, -0.1) is 0 Å². The summed E-state index contributed by atoms with van der Waals surface area (Å²) in [5, 5.41) is 2.81. The maximum absolute atomic E-state index is 11.9. The molecular formula is C17H17NO3. The molecule has 0 aliphatic heterocycles. The lowest BCUT2D eigenvalue weighted by atomic mass is 10.1. The van der Waals surface area contributed by atoms with Gasteiger partial charge < -0.3 is 10.1 Å². The van der Waals surface area contributed by atoms with E-state index in [-0.39, 0.29) is 5.91 Å². The Balaban J connectivity index is 1.86. The van der Waals surface area contributed by atoms with Gasteiger partial charge in [0, 0.05) is 12.1 Å². The minimum Gasteiger partial charge on any atom is -0.465 e. The monoisotopic (exact) mass is 283 g/mol. The summed E-state index contributed by atoms with van der Waals surface area (Å²) in [4.78, 5) is 23.2. The number of benzene rings is 2. The predicted octanol–water partition coefficient (Wildman–Crippen LogP) is 3.04. The number of hydrogen-bond acceptors (Lipinski definition) is 3. The van der Waals surface area contributed by atoms with Crippen molar-refractivity contribution in [3.05, 3.63) is 65.7 Å². The number of aryl methyl sites for hydroxylation is 1. The van der Waals surface area contributed by atoms with E-state index >= 15 is 0 Å². The van der Waals surface area contributed by atoms with Crippen LogP contribution in [0.2, 0.25) is 0 Å². The summed E-state index contributed by atoms with van der Waals surface area (Å²) < 4.78 is 4.62. The Morgan fingerprint density at radius 3 is 2.29 bits per heavy atom. The maximum Gasteiger partial charge on any atom is 0.337 e. The van der Waals surface area contributed by atoms with Crippen molar-refractivity contribution >= 4 is 17.6 Å². The smallest absolute Gasteiger partial charge is 0.337 e. The van der Waals surface area contributed by atoms with Crippen LogP contribution in [0.5, 0.6) is 0 Å². The molecule has 0 heterocycles. The van der Waals surface area contributed by atoms with Gasteiger partial charge in [0.25, 0.3) is 0 Å². The Labute approximate surface area is 123 Å². The first-order valence-electron chi connectivity index (χ1n) is 6.71. The van der Waals surface area contributed by atoms with Crippen LogP contribution in [0.4, 0.5) is 5.69 Å². The molecular weight excluding hydrogens is 266 g/mol. The van der Waals surface area contributed by atoms with Crippen LogP contribution in [0.15, 0.2) is 54.6 Å². The van der Waals surface area contributed by atoms with Crippen LogP contribution in [-0.2, 0) is 16.0 Å². The number of ether oxygens (including phenoxy) is 1. The third kappa shape index (κ3) is 4.45. The van der Waals surface area contributed by atoms with Crippen LogP contribution in [0, 0.1) is 0 Å². The van der Waals surface area contributed by atoms with E-state index in [4.69, 9.17) is 0 Å². The highest BCUT2D eigenvalue weighted by molar-refractivity contribution is 5.93. The number of esters is 1. The minimum atomic E-state index is -0.392. The van der Waals surface area contributed by atoms with E-state index in [0.29, 0.717) is 24.1 Å². The molecule has 2 aromatic carbocycles. The number of carbonyl (C=O) groups is 2. The molecule has 0 fully saturated rings. The van der Waals surface area contributed by atoms with E-state index in [0.717, 1.165) is 5.56 Å². The number of carbonyl (C=O) groups excluding carboxylic acids is 2. The van der Waals surface area contributed by atoms with Gasteiger partial charge >= 0.3 is 5.97 Å².